The number of imide groups is 1. The number of nitrogens with one attached hydrogen (secondary N) is 1. The molecule has 2 N–H and O–H groups in total. The summed E-state index contributed by atoms with van der Waals surface area (Å²) in [4.78, 5) is 28.6. The fraction of sp³-hybridized carbons (Fsp3) is 0.556. The fourth-order valence-corrected chi connectivity index (χ4v) is 1.99. The fourth-order valence-electron chi connectivity index (χ4n) is 1.99. The maximum absolute atomic E-state index is 13.4. The third kappa shape index (κ3) is 7.42. The van der Waals surface area contributed by atoms with Crippen LogP contribution in [0.3, 0.4) is 0 Å². The number of carbonyl (C=O) groups is 2. The van der Waals surface area contributed by atoms with Crippen LogP contribution in [-0.2, 0) is 20.5 Å². The number of halogens is 3. The Morgan fingerprint density at radius 3 is 2.21 bits per heavy atom. The highest BCUT2D eigenvalue weighted by Crippen LogP contribution is 2.45. The monoisotopic (exact) mass is 424 g/mol. The van der Waals surface area contributed by atoms with E-state index in [-0.39, 0.29) is 19.6 Å². The Balaban J connectivity index is 0.00000178. The van der Waals surface area contributed by atoms with Crippen molar-refractivity contribution in [2.75, 3.05) is 40.0 Å². The first-order chi connectivity index (χ1) is 13.6. The molecule has 1 aromatic carbocycles. The Morgan fingerprint density at radius 2 is 1.83 bits per heavy atom. The predicted octanol–water partition coefficient (Wildman–Crippen LogP) is 3.44. The molecular formula is C18H27F3N2O6. The first-order valence-electron chi connectivity index (χ1n) is 8.69. The topological polar surface area (TPSA) is 97.3 Å². The van der Waals surface area contributed by atoms with Crippen molar-refractivity contribution in [3.05, 3.63) is 17.2 Å². The molecule has 0 atom stereocenters. The molecule has 0 saturated carbocycles. The molecule has 0 aromatic heterocycles. The van der Waals surface area contributed by atoms with Crippen LogP contribution >= 0.6 is 0 Å². The molecule has 2 amide bonds. The maximum atomic E-state index is 13.4. The number of phenolic OH excluding ortho intramolecular Hbond substituents is 1. The van der Waals surface area contributed by atoms with Crippen LogP contribution in [0.5, 0.6) is 11.5 Å². The zero-order valence-electron chi connectivity index (χ0n) is 17.1. The lowest BCUT2D eigenvalue weighted by Gasteiger charge is -2.22. The second-order valence-corrected chi connectivity index (χ2v) is 5.63. The summed E-state index contributed by atoms with van der Waals surface area (Å²) in [6, 6.07) is 0.461. The number of nitrogens with zero attached hydrogens (tertiary/aromatic N) is 1. The number of anilines is 1. The molecule has 0 fully saturated rings. The molecule has 0 heterocycles. The van der Waals surface area contributed by atoms with Crippen molar-refractivity contribution in [3.8, 4) is 11.5 Å². The van der Waals surface area contributed by atoms with Crippen molar-refractivity contribution in [1.29, 1.82) is 0 Å². The van der Waals surface area contributed by atoms with Crippen molar-refractivity contribution >= 4 is 18.0 Å². The largest absolute Gasteiger partial charge is 0.503 e. The Labute approximate surface area is 167 Å². The molecule has 8 nitrogen and oxygen atoms in total. The molecule has 0 aliphatic heterocycles. The van der Waals surface area contributed by atoms with Gasteiger partial charge in [-0.15, -0.1) is 0 Å². The van der Waals surface area contributed by atoms with E-state index in [0.717, 1.165) is 14.2 Å². The average molecular weight is 424 g/mol. The SMILES string of the molecule is CCCC.COCCN(C=O)C(=O)c1c(C(F)(F)F)cc(OC)c(O)c1NOC. The second kappa shape index (κ2) is 12.8. The minimum Gasteiger partial charge on any atom is -0.503 e. The van der Waals surface area contributed by atoms with Crippen LogP contribution in [0.25, 0.3) is 0 Å². The van der Waals surface area contributed by atoms with Crippen LogP contribution < -0.4 is 10.2 Å². The van der Waals surface area contributed by atoms with Gasteiger partial charge in [0.25, 0.3) is 5.91 Å². The van der Waals surface area contributed by atoms with Crippen LogP contribution in [0.4, 0.5) is 18.9 Å². The minimum absolute atomic E-state index is 0.0688. The number of benzene rings is 1. The molecule has 1 aromatic rings. The van der Waals surface area contributed by atoms with Crippen molar-refractivity contribution in [1.82, 2.24) is 4.90 Å². The molecule has 0 aliphatic carbocycles. The highest BCUT2D eigenvalue weighted by Gasteiger charge is 2.40. The summed E-state index contributed by atoms with van der Waals surface area (Å²) < 4.78 is 49.6. The summed E-state index contributed by atoms with van der Waals surface area (Å²) in [7, 11) is 3.41. The number of phenols is 1. The summed E-state index contributed by atoms with van der Waals surface area (Å²) in [6.07, 6.45) is -2.26. The second-order valence-electron chi connectivity index (χ2n) is 5.63. The van der Waals surface area contributed by atoms with Crippen LogP contribution in [0.15, 0.2) is 6.07 Å². The molecule has 1 rings (SSSR count). The van der Waals surface area contributed by atoms with E-state index in [9.17, 15) is 27.9 Å². The van der Waals surface area contributed by atoms with Crippen LogP contribution in [0, 0.1) is 0 Å². The molecule has 11 heteroatoms. The lowest BCUT2D eigenvalue weighted by molar-refractivity contribution is -0.138. The van der Waals surface area contributed by atoms with Crippen LogP contribution in [0.2, 0.25) is 0 Å². The Hall–Kier alpha value is -2.53. The average Bonchev–Trinajstić information content (AvgIpc) is 2.69. The third-order valence-corrected chi connectivity index (χ3v) is 3.63. The summed E-state index contributed by atoms with van der Waals surface area (Å²) >= 11 is 0. The van der Waals surface area contributed by atoms with Gasteiger partial charge in [0.15, 0.2) is 11.5 Å². The Bertz CT molecular complexity index is 666. The standard InChI is InChI=1S/C14H17F3N2O6.C4H10/c1-23-5-4-19(7-20)13(22)10-8(14(15,16)17)6-9(24-2)12(21)11(10)18-25-3;1-3-4-2/h6-7,18,21H,4-5H2,1-3H3;3-4H2,1-2H3. The van der Waals surface area contributed by atoms with Gasteiger partial charge in [0.1, 0.15) is 5.69 Å². The van der Waals surface area contributed by atoms with Gasteiger partial charge in [-0.05, 0) is 6.07 Å². The van der Waals surface area contributed by atoms with Gasteiger partial charge >= 0.3 is 6.18 Å². The van der Waals surface area contributed by atoms with E-state index < -0.39 is 40.4 Å². The smallest absolute Gasteiger partial charge is 0.417 e. The Morgan fingerprint density at radius 1 is 1.24 bits per heavy atom. The van der Waals surface area contributed by atoms with Gasteiger partial charge in [-0.25, -0.2) is 0 Å². The van der Waals surface area contributed by atoms with Gasteiger partial charge in [0.05, 0.1) is 38.5 Å². The quantitative estimate of drug-likeness (QED) is 0.356. The molecule has 0 bridgehead atoms. The number of amides is 2. The zero-order chi connectivity index (χ0) is 22.6. The Kier molecular flexibility index (Phi) is 11.7. The number of hydrogen-bond acceptors (Lipinski definition) is 7. The summed E-state index contributed by atoms with van der Waals surface area (Å²) in [6.45, 7) is 4.00. The number of carbonyl (C=O) groups excluding carboxylic acids is 2. The number of alkyl halides is 3. The molecular weight excluding hydrogens is 397 g/mol. The highest BCUT2D eigenvalue weighted by atomic mass is 19.4. The van der Waals surface area contributed by atoms with Gasteiger partial charge in [-0.3, -0.25) is 24.8 Å². The molecule has 166 valence electrons. The summed E-state index contributed by atoms with van der Waals surface area (Å²) in [5.74, 6) is -2.60. The van der Waals surface area contributed by atoms with Gasteiger partial charge < -0.3 is 14.6 Å². The van der Waals surface area contributed by atoms with E-state index in [1.165, 1.54) is 20.0 Å². The van der Waals surface area contributed by atoms with Crippen molar-refractivity contribution in [3.63, 3.8) is 0 Å². The predicted molar refractivity (Wildman–Crippen MR) is 99.9 cm³/mol. The lowest BCUT2D eigenvalue weighted by Crippen LogP contribution is -2.34. The first-order valence-corrected chi connectivity index (χ1v) is 8.69. The number of rotatable bonds is 9. The minimum atomic E-state index is -4.97. The molecule has 0 unspecified atom stereocenters. The van der Waals surface area contributed by atoms with Gasteiger partial charge in [0, 0.05) is 7.11 Å². The normalized spacial score (nSPS) is 10.6. The van der Waals surface area contributed by atoms with Crippen molar-refractivity contribution < 1.29 is 42.2 Å². The molecule has 0 saturated heterocycles. The van der Waals surface area contributed by atoms with E-state index >= 15 is 0 Å². The van der Waals surface area contributed by atoms with Gasteiger partial charge in [-0.2, -0.15) is 13.2 Å². The summed E-state index contributed by atoms with van der Waals surface area (Å²) in [5.41, 5.74) is -1.05. The van der Waals surface area contributed by atoms with E-state index in [1.807, 2.05) is 5.48 Å². The van der Waals surface area contributed by atoms with Gasteiger partial charge in [-0.1, -0.05) is 26.7 Å². The number of ether oxygens (including phenoxy) is 2. The number of methoxy groups -OCH3 is 2. The first kappa shape index (κ1) is 26.5. The van der Waals surface area contributed by atoms with E-state index in [1.54, 1.807) is 0 Å². The van der Waals surface area contributed by atoms with Crippen molar-refractivity contribution in [2.24, 2.45) is 0 Å². The van der Waals surface area contributed by atoms with E-state index in [0.29, 0.717) is 11.0 Å². The van der Waals surface area contributed by atoms with Crippen LogP contribution in [-0.4, -0.2) is 56.8 Å². The van der Waals surface area contributed by atoms with Crippen LogP contribution in [0.1, 0.15) is 42.6 Å². The van der Waals surface area contributed by atoms with E-state index in [4.69, 9.17) is 9.47 Å². The number of unbranched alkanes of at least 4 members (excludes halogenated alkanes) is 1. The maximum Gasteiger partial charge on any atom is 0.417 e. The lowest BCUT2D eigenvalue weighted by atomic mass is 10.0. The number of hydrogen-bond donors (Lipinski definition) is 2. The molecule has 0 spiro atoms. The van der Waals surface area contributed by atoms with Crippen molar-refractivity contribution in [2.45, 2.75) is 32.9 Å². The molecule has 29 heavy (non-hydrogen) atoms. The molecule has 0 radical (unpaired) electrons. The van der Waals surface area contributed by atoms with E-state index in [2.05, 4.69) is 18.7 Å². The zero-order valence-corrected chi connectivity index (χ0v) is 17.1. The highest BCUT2D eigenvalue weighted by molar-refractivity contribution is 6.06. The molecule has 0 aliphatic rings. The number of aromatic hydroxyl groups is 1. The third-order valence-electron chi connectivity index (χ3n) is 3.63. The van der Waals surface area contributed by atoms with Gasteiger partial charge in [0.2, 0.25) is 6.41 Å². The summed E-state index contributed by atoms with van der Waals surface area (Å²) in [5, 5.41) is 10.1.